The minimum absolute atomic E-state index is 0.238. The predicted octanol–water partition coefficient (Wildman–Crippen LogP) is 3.98. The summed E-state index contributed by atoms with van der Waals surface area (Å²) < 4.78 is 10.8. The summed E-state index contributed by atoms with van der Waals surface area (Å²) in [6.07, 6.45) is 6.53. The lowest BCUT2D eigenvalue weighted by atomic mass is 9.41. The van der Waals surface area contributed by atoms with Crippen LogP contribution in [-0.4, -0.2) is 23.8 Å². The molecule has 3 aliphatic carbocycles. The molecule has 1 N–H and O–H groups in total. The second-order valence-electron chi connectivity index (χ2n) is 8.69. The van der Waals surface area contributed by atoms with Gasteiger partial charge >= 0.3 is 5.97 Å². The van der Waals surface area contributed by atoms with Gasteiger partial charge in [-0.3, -0.25) is 4.79 Å². The van der Waals surface area contributed by atoms with Crippen LogP contribution in [0.15, 0.2) is 23.3 Å². The second-order valence-corrected chi connectivity index (χ2v) is 8.69. The molecular formula is C21H28O4. The van der Waals surface area contributed by atoms with Crippen LogP contribution in [0.1, 0.15) is 57.3 Å². The van der Waals surface area contributed by atoms with E-state index in [9.17, 15) is 9.90 Å². The third-order valence-corrected chi connectivity index (χ3v) is 7.93. The van der Waals surface area contributed by atoms with Crippen molar-refractivity contribution >= 4 is 11.5 Å². The third kappa shape index (κ3) is 1.89. The summed E-state index contributed by atoms with van der Waals surface area (Å²) in [6, 6.07) is 2.01. The Kier molecular flexibility index (Phi) is 3.53. The molecule has 0 aromatic carbocycles. The molecule has 0 bridgehead atoms. The maximum atomic E-state index is 12.7. The van der Waals surface area contributed by atoms with E-state index in [-0.39, 0.29) is 17.3 Å². The van der Waals surface area contributed by atoms with Gasteiger partial charge in [-0.25, -0.2) is 0 Å². The molecule has 2 saturated carbocycles. The molecule has 4 heteroatoms. The fourth-order valence-electron chi connectivity index (χ4n) is 6.38. The first kappa shape index (κ1) is 16.9. The smallest absolute Gasteiger partial charge is 0.314 e. The van der Waals surface area contributed by atoms with Gasteiger partial charge in [-0.1, -0.05) is 19.9 Å². The first-order valence-electron chi connectivity index (χ1n) is 9.35. The largest absolute Gasteiger partial charge is 0.469 e. The van der Waals surface area contributed by atoms with E-state index in [0.717, 1.165) is 42.6 Å². The van der Waals surface area contributed by atoms with Crippen molar-refractivity contribution in [3.05, 3.63) is 30.2 Å². The maximum absolute atomic E-state index is 12.7. The molecule has 5 atom stereocenters. The Morgan fingerprint density at radius 1 is 1.36 bits per heavy atom. The highest BCUT2D eigenvalue weighted by Crippen LogP contribution is 2.66. The quantitative estimate of drug-likeness (QED) is 0.783. The van der Waals surface area contributed by atoms with Crippen LogP contribution in [0, 0.1) is 22.7 Å². The van der Waals surface area contributed by atoms with Crippen molar-refractivity contribution in [1.29, 1.82) is 0 Å². The Hall–Kier alpha value is -1.55. The zero-order chi connectivity index (χ0) is 18.0. The van der Waals surface area contributed by atoms with E-state index in [1.54, 1.807) is 6.26 Å². The average Bonchev–Trinajstić information content (AvgIpc) is 3.06. The summed E-state index contributed by atoms with van der Waals surface area (Å²) in [5, 5.41) is 11.9. The van der Waals surface area contributed by atoms with E-state index in [1.165, 1.54) is 7.11 Å². The van der Waals surface area contributed by atoms with Gasteiger partial charge in [0.05, 0.1) is 24.4 Å². The van der Waals surface area contributed by atoms with Gasteiger partial charge in [0.25, 0.3) is 0 Å². The fourth-order valence-corrected chi connectivity index (χ4v) is 6.38. The molecule has 1 heterocycles. The molecule has 4 nitrogen and oxygen atoms in total. The Balaban J connectivity index is 1.81. The number of carbonyl (C=O) groups is 1. The van der Waals surface area contributed by atoms with Crippen molar-refractivity contribution in [1.82, 2.24) is 0 Å². The number of rotatable bonds is 1. The molecule has 1 aromatic rings. The molecule has 0 aliphatic heterocycles. The number of hydrogen-bond donors (Lipinski definition) is 1. The number of fused-ring (bicyclic) bond motifs is 4. The SMILES string of the molecule is C=C1c2ccoc2CC2C1CCC1(O)C(C)(C(=O)OC)CCCC21C. The van der Waals surface area contributed by atoms with Crippen molar-refractivity contribution < 1.29 is 19.1 Å². The van der Waals surface area contributed by atoms with Crippen molar-refractivity contribution in [2.24, 2.45) is 22.7 Å². The Morgan fingerprint density at radius 2 is 2.12 bits per heavy atom. The second kappa shape index (κ2) is 5.23. The lowest BCUT2D eigenvalue weighted by molar-refractivity contribution is -0.243. The van der Waals surface area contributed by atoms with Crippen LogP contribution in [0.5, 0.6) is 0 Å². The first-order valence-corrected chi connectivity index (χ1v) is 9.35. The van der Waals surface area contributed by atoms with Crippen molar-refractivity contribution in [2.45, 2.75) is 58.0 Å². The van der Waals surface area contributed by atoms with Crippen molar-refractivity contribution in [2.75, 3.05) is 7.11 Å². The summed E-state index contributed by atoms with van der Waals surface area (Å²) in [5.41, 5.74) is 0.00165. The monoisotopic (exact) mass is 344 g/mol. The van der Waals surface area contributed by atoms with E-state index < -0.39 is 11.0 Å². The normalized spacial score (nSPS) is 43.0. The summed E-state index contributed by atoms with van der Waals surface area (Å²) in [6.45, 7) is 8.43. The molecular weight excluding hydrogens is 316 g/mol. The summed E-state index contributed by atoms with van der Waals surface area (Å²) in [5.74, 6) is 1.27. The number of ether oxygens (including phenoxy) is 1. The zero-order valence-corrected chi connectivity index (χ0v) is 15.4. The van der Waals surface area contributed by atoms with Gasteiger partial charge in [-0.2, -0.15) is 0 Å². The molecule has 0 amide bonds. The van der Waals surface area contributed by atoms with Crippen LogP contribution in [-0.2, 0) is 16.0 Å². The third-order valence-electron chi connectivity index (χ3n) is 7.93. The fraction of sp³-hybridized carbons (Fsp3) is 0.667. The minimum Gasteiger partial charge on any atom is -0.469 e. The highest BCUT2D eigenvalue weighted by atomic mass is 16.5. The summed E-state index contributed by atoms with van der Waals surface area (Å²) in [4.78, 5) is 12.7. The van der Waals surface area contributed by atoms with E-state index in [0.29, 0.717) is 18.8 Å². The van der Waals surface area contributed by atoms with Gasteiger partial charge in [-0.05, 0) is 56.1 Å². The Bertz CT molecular complexity index is 734. The number of carbonyl (C=O) groups excluding carboxylic acids is 1. The number of esters is 1. The molecule has 1 aromatic heterocycles. The van der Waals surface area contributed by atoms with Gasteiger partial charge in [0, 0.05) is 17.4 Å². The standard InChI is InChI=1S/C21H28O4/c1-13-14-6-10-21(23)19(2,8-5-9-20(21,3)18(22)24-4)16(14)12-17-15(13)7-11-25-17/h7,11,14,16,23H,1,5-6,8-10,12H2,2-4H3. The number of furan rings is 1. The first-order chi connectivity index (χ1) is 11.8. The van der Waals surface area contributed by atoms with Gasteiger partial charge in [-0.15, -0.1) is 0 Å². The Morgan fingerprint density at radius 3 is 2.84 bits per heavy atom. The number of aliphatic hydroxyl groups is 1. The number of allylic oxidation sites excluding steroid dienone is 1. The molecule has 0 radical (unpaired) electrons. The lowest BCUT2D eigenvalue weighted by Crippen LogP contribution is -2.68. The van der Waals surface area contributed by atoms with Crippen molar-refractivity contribution in [3.8, 4) is 0 Å². The Labute approximate surface area is 149 Å². The number of methoxy groups -OCH3 is 1. The van der Waals surface area contributed by atoms with E-state index in [2.05, 4.69) is 13.5 Å². The summed E-state index contributed by atoms with van der Waals surface area (Å²) >= 11 is 0. The minimum atomic E-state index is -1.06. The van der Waals surface area contributed by atoms with Gasteiger partial charge in [0.15, 0.2) is 0 Å². The van der Waals surface area contributed by atoms with E-state index >= 15 is 0 Å². The zero-order valence-electron chi connectivity index (χ0n) is 15.4. The molecule has 0 spiro atoms. The van der Waals surface area contributed by atoms with Crippen LogP contribution in [0.3, 0.4) is 0 Å². The highest BCUT2D eigenvalue weighted by molar-refractivity contribution is 5.79. The van der Waals surface area contributed by atoms with Crippen LogP contribution in [0.2, 0.25) is 0 Å². The number of hydrogen-bond acceptors (Lipinski definition) is 4. The molecule has 0 saturated heterocycles. The van der Waals surface area contributed by atoms with Crippen LogP contribution in [0.25, 0.3) is 5.57 Å². The van der Waals surface area contributed by atoms with Crippen LogP contribution < -0.4 is 0 Å². The molecule has 4 rings (SSSR count). The van der Waals surface area contributed by atoms with Gasteiger partial charge in [0.2, 0.25) is 0 Å². The van der Waals surface area contributed by atoms with Gasteiger partial charge in [0.1, 0.15) is 5.76 Å². The van der Waals surface area contributed by atoms with Crippen LogP contribution >= 0.6 is 0 Å². The molecule has 25 heavy (non-hydrogen) atoms. The maximum Gasteiger partial charge on any atom is 0.314 e. The predicted molar refractivity (Wildman–Crippen MR) is 94.7 cm³/mol. The summed E-state index contributed by atoms with van der Waals surface area (Å²) in [7, 11) is 1.42. The lowest BCUT2D eigenvalue weighted by Gasteiger charge is -2.64. The van der Waals surface area contributed by atoms with Crippen LogP contribution in [0.4, 0.5) is 0 Å². The van der Waals surface area contributed by atoms with E-state index in [1.807, 2.05) is 13.0 Å². The highest BCUT2D eigenvalue weighted by Gasteiger charge is 2.69. The molecule has 136 valence electrons. The molecule has 5 unspecified atom stereocenters. The molecule has 3 aliphatic rings. The molecule has 2 fully saturated rings. The van der Waals surface area contributed by atoms with Crippen molar-refractivity contribution in [3.63, 3.8) is 0 Å². The van der Waals surface area contributed by atoms with Gasteiger partial charge < -0.3 is 14.3 Å². The average molecular weight is 344 g/mol. The van der Waals surface area contributed by atoms with E-state index in [4.69, 9.17) is 9.15 Å². The topological polar surface area (TPSA) is 59.7 Å².